The van der Waals surface area contributed by atoms with Crippen molar-refractivity contribution in [3.8, 4) is 0 Å². The van der Waals surface area contributed by atoms with Crippen molar-refractivity contribution < 1.29 is 17.6 Å². The molecule has 2 bridgehead atoms. The summed E-state index contributed by atoms with van der Waals surface area (Å²) >= 11 is 0. The topological polar surface area (TPSA) is 53.6 Å². The molecule has 4 nitrogen and oxygen atoms in total. The molecule has 0 aromatic carbocycles. The number of nitrogens with one attached hydrogen (secondary N) is 2. The average Bonchev–Trinajstić information content (AvgIpc) is 2.87. The van der Waals surface area contributed by atoms with Gasteiger partial charge >= 0.3 is 6.18 Å². The maximum absolute atomic E-state index is 14.5. The molecule has 2 N–H and O–H groups in total. The van der Waals surface area contributed by atoms with Gasteiger partial charge in [0.15, 0.2) is 5.65 Å². The van der Waals surface area contributed by atoms with Gasteiger partial charge in [-0.05, 0) is 51.1 Å². The Bertz CT molecular complexity index is 830. The van der Waals surface area contributed by atoms with Gasteiger partial charge in [0.2, 0.25) is 0 Å². The molecule has 3 aliphatic carbocycles. The summed E-state index contributed by atoms with van der Waals surface area (Å²) < 4.78 is 53.7. The first-order valence-corrected chi connectivity index (χ1v) is 8.66. The average molecular weight is 354 g/mol. The second-order valence-corrected chi connectivity index (χ2v) is 7.92. The number of imidazole rings is 1. The second-order valence-electron chi connectivity index (χ2n) is 7.92. The predicted octanol–water partition coefficient (Wildman–Crippen LogP) is 3.55. The maximum atomic E-state index is 14.5. The molecule has 8 heteroatoms. The molecule has 25 heavy (non-hydrogen) atoms. The van der Waals surface area contributed by atoms with Gasteiger partial charge in [0.05, 0.1) is 17.1 Å². The summed E-state index contributed by atoms with van der Waals surface area (Å²) in [5.41, 5.74) is -0.494. The van der Waals surface area contributed by atoms with Gasteiger partial charge in [-0.1, -0.05) is 0 Å². The molecule has 0 amide bonds. The summed E-state index contributed by atoms with van der Waals surface area (Å²) in [6.45, 7) is 1.65. The van der Waals surface area contributed by atoms with Crippen LogP contribution in [-0.4, -0.2) is 34.2 Å². The van der Waals surface area contributed by atoms with Crippen LogP contribution in [0, 0.1) is 11.2 Å². The van der Waals surface area contributed by atoms with Gasteiger partial charge in [-0.15, -0.1) is 0 Å². The van der Waals surface area contributed by atoms with Gasteiger partial charge in [0.1, 0.15) is 11.6 Å². The van der Waals surface area contributed by atoms with Crippen LogP contribution in [0.25, 0.3) is 11.2 Å². The third kappa shape index (κ3) is 1.97. The van der Waals surface area contributed by atoms with Crippen LogP contribution >= 0.6 is 0 Å². The van der Waals surface area contributed by atoms with E-state index >= 15 is 0 Å². The fourth-order valence-electron chi connectivity index (χ4n) is 5.05. The molecule has 0 radical (unpaired) electrons. The molecule has 134 valence electrons. The van der Waals surface area contributed by atoms with Crippen molar-refractivity contribution in [1.29, 1.82) is 0 Å². The third-order valence-corrected chi connectivity index (χ3v) is 6.39. The number of alkyl halides is 3. The van der Waals surface area contributed by atoms with E-state index in [1.807, 2.05) is 0 Å². The van der Waals surface area contributed by atoms with Crippen LogP contribution in [0.3, 0.4) is 0 Å². The summed E-state index contributed by atoms with van der Waals surface area (Å²) in [5, 5.41) is 3.25. The van der Waals surface area contributed by atoms with E-state index in [1.165, 1.54) is 6.20 Å². The van der Waals surface area contributed by atoms with Crippen LogP contribution in [0.4, 0.5) is 17.6 Å². The Morgan fingerprint density at radius 1 is 1.12 bits per heavy atom. The second kappa shape index (κ2) is 4.72. The summed E-state index contributed by atoms with van der Waals surface area (Å²) in [5.74, 6) is 0.260. The molecule has 0 atom stereocenters. The molecule has 0 unspecified atom stereocenters. The van der Waals surface area contributed by atoms with Crippen molar-refractivity contribution >= 4 is 11.2 Å². The smallest absolute Gasteiger partial charge is 0.340 e. The number of fused-ring (bicyclic) bond motifs is 1. The number of H-pyrrole nitrogens is 1. The van der Waals surface area contributed by atoms with Crippen molar-refractivity contribution in [3.63, 3.8) is 0 Å². The number of aromatic amines is 1. The Labute approximate surface area is 141 Å². The Morgan fingerprint density at radius 2 is 1.80 bits per heavy atom. The molecule has 1 aliphatic heterocycles. The summed E-state index contributed by atoms with van der Waals surface area (Å²) in [4.78, 5) is 11.6. The van der Waals surface area contributed by atoms with E-state index < -0.39 is 17.0 Å². The lowest BCUT2D eigenvalue weighted by Crippen LogP contribution is -2.70. The lowest BCUT2D eigenvalue weighted by molar-refractivity contribution is -0.338. The summed E-state index contributed by atoms with van der Waals surface area (Å²) in [6, 6.07) is 0. The molecular formula is C17H18F4N4. The van der Waals surface area contributed by atoms with Gasteiger partial charge in [-0.3, -0.25) is 0 Å². The van der Waals surface area contributed by atoms with Crippen LogP contribution in [-0.2, 0) is 5.41 Å². The van der Waals surface area contributed by atoms with E-state index in [4.69, 9.17) is 0 Å². The zero-order valence-electron chi connectivity index (χ0n) is 13.5. The largest absolute Gasteiger partial charge is 0.394 e. The van der Waals surface area contributed by atoms with E-state index in [0.29, 0.717) is 22.6 Å². The van der Waals surface area contributed by atoms with E-state index in [-0.39, 0.29) is 31.0 Å². The number of halogens is 4. The SMILES string of the molecule is Fc1cnc2nc(C34CC(C(F)(F)F)(C3)C4)[nH]c2c1C1CCNCC1. The number of rotatable bonds is 2. The highest BCUT2D eigenvalue weighted by Gasteiger charge is 2.79. The number of hydrogen-bond donors (Lipinski definition) is 2. The molecule has 6 rings (SSSR count). The van der Waals surface area contributed by atoms with Crippen molar-refractivity contribution in [1.82, 2.24) is 20.3 Å². The van der Waals surface area contributed by atoms with Crippen molar-refractivity contribution in [2.75, 3.05) is 13.1 Å². The minimum absolute atomic E-state index is 0.0779. The first-order chi connectivity index (χ1) is 11.8. The normalized spacial score (nSPS) is 32.5. The van der Waals surface area contributed by atoms with Gasteiger partial charge < -0.3 is 10.3 Å². The van der Waals surface area contributed by atoms with Crippen molar-refractivity contribution in [3.05, 3.63) is 23.4 Å². The fourth-order valence-corrected chi connectivity index (χ4v) is 5.05. The first kappa shape index (κ1) is 15.5. The highest BCUT2D eigenvalue weighted by atomic mass is 19.4. The predicted molar refractivity (Wildman–Crippen MR) is 82.7 cm³/mol. The monoisotopic (exact) mass is 354 g/mol. The Kier molecular flexibility index (Phi) is 2.93. The van der Waals surface area contributed by atoms with Crippen LogP contribution in [0.15, 0.2) is 6.20 Å². The van der Waals surface area contributed by atoms with Gasteiger partial charge in [-0.2, -0.15) is 13.2 Å². The molecular weight excluding hydrogens is 336 g/mol. The van der Waals surface area contributed by atoms with Gasteiger partial charge in [0, 0.05) is 11.0 Å². The molecule has 4 aliphatic rings. The minimum Gasteiger partial charge on any atom is -0.340 e. The Balaban J connectivity index is 1.51. The first-order valence-electron chi connectivity index (χ1n) is 8.66. The van der Waals surface area contributed by atoms with Crippen LogP contribution in [0.2, 0.25) is 0 Å². The highest BCUT2D eigenvalue weighted by molar-refractivity contribution is 5.76. The lowest BCUT2D eigenvalue weighted by Gasteiger charge is -2.69. The number of piperidine rings is 1. The number of aromatic nitrogens is 3. The van der Waals surface area contributed by atoms with Crippen LogP contribution in [0.5, 0.6) is 0 Å². The highest BCUT2D eigenvalue weighted by Crippen LogP contribution is 2.78. The molecule has 0 spiro atoms. The zero-order valence-corrected chi connectivity index (χ0v) is 13.5. The Morgan fingerprint density at radius 3 is 2.44 bits per heavy atom. The van der Waals surface area contributed by atoms with Crippen molar-refractivity contribution in [2.24, 2.45) is 5.41 Å². The molecule has 4 fully saturated rings. The third-order valence-electron chi connectivity index (χ3n) is 6.39. The summed E-state index contributed by atoms with van der Waals surface area (Å²) in [7, 11) is 0. The fraction of sp³-hybridized carbons (Fsp3) is 0.647. The van der Waals surface area contributed by atoms with E-state index in [0.717, 1.165) is 25.9 Å². The van der Waals surface area contributed by atoms with E-state index in [2.05, 4.69) is 20.3 Å². The summed E-state index contributed by atoms with van der Waals surface area (Å²) in [6.07, 6.45) is -1.08. The van der Waals surface area contributed by atoms with Gasteiger partial charge in [0.25, 0.3) is 0 Å². The van der Waals surface area contributed by atoms with Crippen LogP contribution < -0.4 is 5.32 Å². The van der Waals surface area contributed by atoms with E-state index in [1.54, 1.807) is 0 Å². The minimum atomic E-state index is -4.15. The Hall–Kier alpha value is -1.70. The molecule has 3 saturated carbocycles. The molecule has 2 aromatic heterocycles. The number of hydrogen-bond acceptors (Lipinski definition) is 3. The molecule has 3 heterocycles. The number of nitrogens with zero attached hydrogens (tertiary/aromatic N) is 2. The lowest BCUT2D eigenvalue weighted by atomic mass is 9.34. The quantitative estimate of drug-likeness (QED) is 0.811. The van der Waals surface area contributed by atoms with Crippen molar-refractivity contribution in [2.45, 2.75) is 49.6 Å². The van der Waals surface area contributed by atoms with Gasteiger partial charge in [-0.25, -0.2) is 14.4 Å². The number of pyridine rings is 1. The zero-order chi connectivity index (χ0) is 17.4. The molecule has 2 aromatic rings. The maximum Gasteiger partial charge on any atom is 0.394 e. The standard InChI is InChI=1S/C17H18F4N4/c18-10-5-23-13-12(11(10)9-1-3-22-4-2-9)24-14(25-13)15-6-16(7-15,8-15)17(19,20)21/h5,9,22H,1-4,6-8H2,(H,23,24,25). The van der Waals surface area contributed by atoms with Crippen LogP contribution in [0.1, 0.15) is 49.4 Å². The van der Waals surface area contributed by atoms with E-state index in [9.17, 15) is 17.6 Å². The molecule has 1 saturated heterocycles.